The Morgan fingerprint density at radius 1 is 1.08 bits per heavy atom. The second kappa shape index (κ2) is 7.26. The van der Waals surface area contributed by atoms with Crippen LogP contribution in [0.3, 0.4) is 0 Å². The Hall–Kier alpha value is -1.72. The zero-order valence-corrected chi connectivity index (χ0v) is 13.6. The molecular weight excluding hydrogens is 362 g/mol. The first-order chi connectivity index (χ1) is 11.1. The fraction of sp³-hybridized carbons (Fsp3) is 0.846. The standard InChI is InChI=1S/C13H18F6N2O4/c1-11(2,3)25-10(23)21-5-4-20-6-7(21)8(22)24-9(12(14,15)16)13(17,18)19/h7,9,20H,4-6H2,1-3H3. The molecule has 146 valence electrons. The molecule has 12 heteroatoms. The zero-order chi connectivity index (χ0) is 19.6. The van der Waals surface area contributed by atoms with Crippen molar-refractivity contribution >= 4 is 12.1 Å². The molecule has 1 amide bonds. The largest absolute Gasteiger partial charge is 0.444 e. The van der Waals surface area contributed by atoms with Crippen molar-refractivity contribution in [1.29, 1.82) is 0 Å². The van der Waals surface area contributed by atoms with Gasteiger partial charge in [-0.15, -0.1) is 0 Å². The lowest BCUT2D eigenvalue weighted by Gasteiger charge is -2.36. The predicted molar refractivity (Wildman–Crippen MR) is 71.6 cm³/mol. The summed E-state index contributed by atoms with van der Waals surface area (Å²) in [6, 6.07) is -1.67. The lowest BCUT2D eigenvalue weighted by molar-refractivity contribution is -0.314. The van der Waals surface area contributed by atoms with Gasteiger partial charge in [-0.2, -0.15) is 26.3 Å². The van der Waals surface area contributed by atoms with Crippen LogP contribution in [0.1, 0.15) is 20.8 Å². The summed E-state index contributed by atoms with van der Waals surface area (Å²) in [7, 11) is 0. The smallest absolute Gasteiger partial charge is 0.434 e. The number of piperazine rings is 1. The Balaban J connectivity index is 2.94. The molecule has 0 radical (unpaired) electrons. The van der Waals surface area contributed by atoms with E-state index in [-0.39, 0.29) is 19.6 Å². The molecule has 1 aliphatic rings. The van der Waals surface area contributed by atoms with E-state index in [4.69, 9.17) is 4.74 Å². The average molecular weight is 380 g/mol. The highest BCUT2D eigenvalue weighted by Crippen LogP contribution is 2.36. The van der Waals surface area contributed by atoms with Crippen molar-refractivity contribution < 1.29 is 45.4 Å². The summed E-state index contributed by atoms with van der Waals surface area (Å²) in [5.41, 5.74) is -0.961. The molecule has 1 rings (SSSR count). The quantitative estimate of drug-likeness (QED) is 0.588. The molecule has 1 heterocycles. The summed E-state index contributed by atoms with van der Waals surface area (Å²) in [5, 5.41) is 2.60. The minimum Gasteiger partial charge on any atom is -0.444 e. The van der Waals surface area contributed by atoms with E-state index >= 15 is 0 Å². The van der Waals surface area contributed by atoms with Gasteiger partial charge < -0.3 is 14.8 Å². The van der Waals surface area contributed by atoms with Crippen LogP contribution in [0.4, 0.5) is 31.1 Å². The van der Waals surface area contributed by atoms with E-state index < -0.39 is 42.2 Å². The van der Waals surface area contributed by atoms with Crippen molar-refractivity contribution in [3.05, 3.63) is 0 Å². The number of carbonyl (C=O) groups is 2. The number of hydrogen-bond acceptors (Lipinski definition) is 5. The van der Waals surface area contributed by atoms with Gasteiger partial charge >= 0.3 is 24.4 Å². The molecule has 1 N–H and O–H groups in total. The van der Waals surface area contributed by atoms with Crippen molar-refractivity contribution in [2.75, 3.05) is 19.6 Å². The van der Waals surface area contributed by atoms with E-state index in [1.165, 1.54) is 20.8 Å². The number of nitrogens with zero attached hydrogens (tertiary/aromatic N) is 1. The maximum Gasteiger partial charge on any atom is 0.434 e. The van der Waals surface area contributed by atoms with E-state index in [9.17, 15) is 35.9 Å². The van der Waals surface area contributed by atoms with Crippen molar-refractivity contribution in [1.82, 2.24) is 10.2 Å². The third-order valence-electron chi connectivity index (χ3n) is 2.97. The van der Waals surface area contributed by atoms with Crippen molar-refractivity contribution in [2.24, 2.45) is 0 Å². The lowest BCUT2D eigenvalue weighted by atomic mass is 10.2. The second-order valence-electron chi connectivity index (χ2n) is 6.29. The van der Waals surface area contributed by atoms with Crippen LogP contribution >= 0.6 is 0 Å². The number of halogens is 6. The molecule has 1 saturated heterocycles. The monoisotopic (exact) mass is 380 g/mol. The minimum absolute atomic E-state index is 0.141. The highest BCUT2D eigenvalue weighted by Gasteiger charge is 2.60. The summed E-state index contributed by atoms with van der Waals surface area (Å²) in [6.07, 6.45) is -17.0. The summed E-state index contributed by atoms with van der Waals surface area (Å²) in [4.78, 5) is 24.6. The number of amides is 1. The van der Waals surface area contributed by atoms with Crippen LogP contribution in [0.2, 0.25) is 0 Å². The fourth-order valence-electron chi connectivity index (χ4n) is 1.97. The number of ether oxygens (including phenoxy) is 2. The molecule has 1 aliphatic heterocycles. The first kappa shape index (κ1) is 21.3. The van der Waals surface area contributed by atoms with Crippen LogP contribution in [-0.2, 0) is 14.3 Å². The first-order valence-electron chi connectivity index (χ1n) is 7.17. The van der Waals surface area contributed by atoms with Crippen LogP contribution in [0, 0.1) is 0 Å². The Morgan fingerprint density at radius 3 is 2.04 bits per heavy atom. The molecule has 0 spiro atoms. The Kier molecular flexibility index (Phi) is 6.19. The van der Waals surface area contributed by atoms with Gasteiger partial charge in [0.1, 0.15) is 11.6 Å². The zero-order valence-electron chi connectivity index (χ0n) is 13.6. The molecular formula is C13H18F6N2O4. The highest BCUT2D eigenvalue weighted by molar-refractivity contribution is 5.82. The molecule has 1 fully saturated rings. The third kappa shape index (κ3) is 6.25. The summed E-state index contributed by atoms with van der Waals surface area (Å²) < 4.78 is 83.7. The van der Waals surface area contributed by atoms with Gasteiger partial charge in [-0.05, 0) is 20.8 Å². The Labute approximate surface area is 139 Å². The molecule has 6 nitrogen and oxygen atoms in total. The third-order valence-corrected chi connectivity index (χ3v) is 2.97. The van der Waals surface area contributed by atoms with Gasteiger partial charge in [-0.25, -0.2) is 9.59 Å². The molecule has 0 aromatic carbocycles. The van der Waals surface area contributed by atoms with Gasteiger partial charge in [0.2, 0.25) is 0 Å². The molecule has 0 saturated carbocycles. The molecule has 0 aromatic heterocycles. The molecule has 1 atom stereocenters. The summed E-state index contributed by atoms with van der Waals surface area (Å²) >= 11 is 0. The van der Waals surface area contributed by atoms with Crippen LogP contribution < -0.4 is 5.32 Å². The maximum absolute atomic E-state index is 12.5. The van der Waals surface area contributed by atoms with Crippen LogP contribution in [0.25, 0.3) is 0 Å². The maximum atomic E-state index is 12.5. The predicted octanol–water partition coefficient (Wildman–Crippen LogP) is 2.23. The Morgan fingerprint density at radius 2 is 1.60 bits per heavy atom. The van der Waals surface area contributed by atoms with Crippen LogP contribution in [0.15, 0.2) is 0 Å². The van der Waals surface area contributed by atoms with Gasteiger partial charge in [0.15, 0.2) is 0 Å². The highest BCUT2D eigenvalue weighted by atomic mass is 19.4. The number of alkyl halides is 6. The number of rotatable bonds is 2. The van der Waals surface area contributed by atoms with Crippen LogP contribution in [0.5, 0.6) is 0 Å². The fourth-order valence-corrected chi connectivity index (χ4v) is 1.97. The van der Waals surface area contributed by atoms with E-state index in [0.717, 1.165) is 4.90 Å². The average Bonchev–Trinajstić information content (AvgIpc) is 2.40. The minimum atomic E-state index is -5.83. The number of esters is 1. The van der Waals surface area contributed by atoms with Crippen LogP contribution in [-0.4, -0.2) is 66.7 Å². The summed E-state index contributed by atoms with van der Waals surface area (Å²) in [5.74, 6) is -1.82. The summed E-state index contributed by atoms with van der Waals surface area (Å²) in [6.45, 7) is 4.24. The Bertz CT molecular complexity index is 486. The van der Waals surface area contributed by atoms with Gasteiger partial charge in [0, 0.05) is 19.6 Å². The lowest BCUT2D eigenvalue weighted by Crippen LogP contribution is -2.59. The number of carbonyl (C=O) groups excluding carboxylic acids is 2. The molecule has 25 heavy (non-hydrogen) atoms. The SMILES string of the molecule is CC(C)(C)OC(=O)N1CCNCC1C(=O)OC(C(F)(F)F)C(F)(F)F. The van der Waals surface area contributed by atoms with Gasteiger partial charge in [-0.1, -0.05) is 0 Å². The topological polar surface area (TPSA) is 67.9 Å². The van der Waals surface area contributed by atoms with Crippen molar-refractivity contribution in [3.63, 3.8) is 0 Å². The van der Waals surface area contributed by atoms with Crippen molar-refractivity contribution in [3.8, 4) is 0 Å². The molecule has 0 bridgehead atoms. The van der Waals surface area contributed by atoms with Gasteiger partial charge in [0.25, 0.3) is 6.10 Å². The van der Waals surface area contributed by atoms with E-state index in [0.29, 0.717) is 0 Å². The molecule has 0 aliphatic carbocycles. The first-order valence-corrected chi connectivity index (χ1v) is 7.17. The number of hydrogen-bond donors (Lipinski definition) is 1. The normalized spacial score (nSPS) is 19.8. The van der Waals surface area contributed by atoms with Gasteiger partial charge in [0.05, 0.1) is 0 Å². The second-order valence-corrected chi connectivity index (χ2v) is 6.29. The van der Waals surface area contributed by atoms with Gasteiger partial charge in [-0.3, -0.25) is 4.90 Å². The molecule has 1 unspecified atom stereocenters. The number of nitrogens with one attached hydrogen (secondary N) is 1. The van der Waals surface area contributed by atoms with Crippen molar-refractivity contribution in [2.45, 2.75) is 50.9 Å². The molecule has 0 aromatic rings. The van der Waals surface area contributed by atoms with E-state index in [1.54, 1.807) is 0 Å². The van der Waals surface area contributed by atoms with E-state index in [1.807, 2.05) is 0 Å². The van der Waals surface area contributed by atoms with E-state index in [2.05, 4.69) is 10.1 Å².